The van der Waals surface area contributed by atoms with Crippen molar-refractivity contribution in [3.05, 3.63) is 54.1 Å². The number of carbonyl (C=O) groups is 1. The third kappa shape index (κ3) is 5.38. The van der Waals surface area contributed by atoms with Gasteiger partial charge in [0.2, 0.25) is 5.91 Å². The largest absolute Gasteiger partial charge is 0.573 e. The van der Waals surface area contributed by atoms with Gasteiger partial charge in [-0.05, 0) is 28.8 Å². The quantitative estimate of drug-likeness (QED) is 0.864. The first kappa shape index (κ1) is 18.0. The summed E-state index contributed by atoms with van der Waals surface area (Å²) in [5.41, 5.74) is 7.10. The third-order valence-electron chi connectivity index (χ3n) is 3.04. The Hall–Kier alpha value is -2.35. The molecule has 128 valence electrons. The molecule has 2 aromatic carbocycles. The molecule has 0 aliphatic carbocycles. The third-order valence-corrected chi connectivity index (χ3v) is 4.28. The molecule has 4 nitrogen and oxygen atoms in total. The summed E-state index contributed by atoms with van der Waals surface area (Å²) in [6.07, 6.45) is -4.74. The number of primary amides is 1. The van der Waals surface area contributed by atoms with Gasteiger partial charge in [-0.1, -0.05) is 36.4 Å². The van der Waals surface area contributed by atoms with Gasteiger partial charge in [-0.15, -0.1) is 13.2 Å². The van der Waals surface area contributed by atoms with E-state index in [1.165, 1.54) is 24.3 Å². The van der Waals surface area contributed by atoms with Gasteiger partial charge in [0.25, 0.3) is 0 Å². The predicted octanol–water partition coefficient (Wildman–Crippen LogP) is 2.99. The van der Waals surface area contributed by atoms with Crippen LogP contribution in [0.5, 0.6) is 5.75 Å². The van der Waals surface area contributed by atoms with E-state index < -0.39 is 23.1 Å². The number of benzene rings is 2. The molecular weight excluding hydrogens is 343 g/mol. The summed E-state index contributed by atoms with van der Waals surface area (Å²) in [5, 5.41) is 0. The first-order chi connectivity index (χ1) is 11.2. The van der Waals surface area contributed by atoms with E-state index in [1.807, 2.05) is 0 Å². The molecule has 0 aliphatic rings. The number of hydrogen-bond acceptors (Lipinski definition) is 3. The Kier molecular flexibility index (Phi) is 5.61. The van der Waals surface area contributed by atoms with Gasteiger partial charge in [-0.2, -0.15) is 0 Å². The predicted molar refractivity (Wildman–Crippen MR) is 84.5 cm³/mol. The molecule has 0 fully saturated rings. The van der Waals surface area contributed by atoms with Crippen LogP contribution in [0.1, 0.15) is 5.56 Å². The van der Waals surface area contributed by atoms with Crippen molar-refractivity contribution in [2.24, 2.45) is 5.73 Å². The summed E-state index contributed by atoms with van der Waals surface area (Å²) in [7, 11) is -1.45. The smallest absolute Gasteiger partial charge is 0.406 e. The van der Waals surface area contributed by atoms with Gasteiger partial charge in [0.1, 0.15) is 11.5 Å². The van der Waals surface area contributed by atoms with Gasteiger partial charge >= 0.3 is 6.36 Å². The van der Waals surface area contributed by atoms with Crippen LogP contribution >= 0.6 is 0 Å². The molecule has 1 atom stereocenters. The van der Waals surface area contributed by atoms with Crippen LogP contribution < -0.4 is 10.5 Å². The van der Waals surface area contributed by atoms with Crippen molar-refractivity contribution in [2.75, 3.05) is 5.75 Å². The molecule has 1 amide bonds. The molecule has 2 rings (SSSR count). The molecule has 0 aromatic heterocycles. The highest BCUT2D eigenvalue weighted by Crippen LogP contribution is 2.29. The number of ether oxygens (including phenoxy) is 1. The van der Waals surface area contributed by atoms with Crippen LogP contribution in [0.4, 0.5) is 13.2 Å². The molecule has 0 heterocycles. The minimum absolute atomic E-state index is 0.125. The van der Waals surface area contributed by atoms with Crippen LogP contribution in [-0.4, -0.2) is 22.2 Å². The van der Waals surface area contributed by atoms with Gasteiger partial charge in [-0.3, -0.25) is 9.00 Å². The van der Waals surface area contributed by atoms with E-state index in [-0.39, 0.29) is 17.3 Å². The fourth-order valence-corrected chi connectivity index (χ4v) is 3.17. The van der Waals surface area contributed by atoms with Gasteiger partial charge in [-0.25, -0.2) is 0 Å². The van der Waals surface area contributed by atoms with Crippen molar-refractivity contribution in [3.63, 3.8) is 0 Å². The fourth-order valence-electron chi connectivity index (χ4n) is 2.15. The van der Waals surface area contributed by atoms with E-state index >= 15 is 0 Å². The molecule has 2 aromatic rings. The molecule has 1 unspecified atom stereocenters. The lowest BCUT2D eigenvalue weighted by Gasteiger charge is -2.11. The van der Waals surface area contributed by atoms with Gasteiger partial charge in [0.15, 0.2) is 0 Å². The number of alkyl halides is 3. The maximum atomic E-state index is 12.2. The molecule has 0 radical (unpaired) electrons. The molecule has 8 heteroatoms. The summed E-state index contributed by atoms with van der Waals surface area (Å²) < 4.78 is 52.3. The Morgan fingerprint density at radius 2 is 1.71 bits per heavy atom. The summed E-state index contributed by atoms with van der Waals surface area (Å²) in [6.45, 7) is 0. The maximum Gasteiger partial charge on any atom is 0.573 e. The molecule has 0 bridgehead atoms. The maximum absolute atomic E-state index is 12.2. The first-order valence-corrected chi connectivity index (χ1v) is 8.31. The number of rotatable bonds is 6. The average molecular weight is 357 g/mol. The second-order valence-electron chi connectivity index (χ2n) is 4.92. The van der Waals surface area contributed by atoms with Crippen LogP contribution in [0.2, 0.25) is 0 Å². The monoisotopic (exact) mass is 357 g/mol. The number of hydrogen-bond donors (Lipinski definition) is 1. The fraction of sp³-hybridized carbons (Fsp3) is 0.188. The lowest BCUT2D eigenvalue weighted by atomic mass is 10.0. The van der Waals surface area contributed by atoms with Crippen molar-refractivity contribution in [1.82, 2.24) is 0 Å². The molecule has 0 saturated carbocycles. The second-order valence-corrected chi connectivity index (χ2v) is 6.38. The lowest BCUT2D eigenvalue weighted by molar-refractivity contribution is -0.274. The highest BCUT2D eigenvalue weighted by molar-refractivity contribution is 7.84. The van der Waals surface area contributed by atoms with E-state index in [0.717, 1.165) is 0 Å². The Bertz CT molecular complexity index is 745. The molecule has 2 N–H and O–H groups in total. The number of halogens is 3. The van der Waals surface area contributed by atoms with Crippen LogP contribution in [0.15, 0.2) is 48.5 Å². The van der Waals surface area contributed by atoms with Crippen LogP contribution in [-0.2, 0) is 21.3 Å². The van der Waals surface area contributed by atoms with Crippen LogP contribution in [0, 0.1) is 0 Å². The van der Waals surface area contributed by atoms with E-state index in [0.29, 0.717) is 16.7 Å². The standard InChI is InChI=1S/C16H14F3NO3S/c17-16(18,19)23-13-7-5-11(6-8-13)14-4-2-1-3-12(14)9-24(22)10-15(20)21/h1-8H,9-10H2,(H2,20,21). The zero-order chi connectivity index (χ0) is 17.7. The Balaban J connectivity index is 2.23. The van der Waals surface area contributed by atoms with Crippen molar-refractivity contribution >= 4 is 16.7 Å². The minimum atomic E-state index is -4.74. The highest BCUT2D eigenvalue weighted by atomic mass is 32.2. The zero-order valence-corrected chi connectivity index (χ0v) is 13.2. The number of carbonyl (C=O) groups excluding carboxylic acids is 1. The Morgan fingerprint density at radius 3 is 2.29 bits per heavy atom. The average Bonchev–Trinajstić information content (AvgIpc) is 2.46. The summed E-state index contributed by atoms with van der Waals surface area (Å²) in [5.74, 6) is -1.09. The Labute approximate surface area is 138 Å². The minimum Gasteiger partial charge on any atom is -0.406 e. The van der Waals surface area contributed by atoms with Crippen molar-refractivity contribution in [1.29, 1.82) is 0 Å². The molecule has 24 heavy (non-hydrogen) atoms. The van der Waals surface area contributed by atoms with Gasteiger partial charge in [0, 0.05) is 16.6 Å². The Morgan fingerprint density at radius 1 is 1.08 bits per heavy atom. The number of amides is 1. The van der Waals surface area contributed by atoms with E-state index in [1.54, 1.807) is 24.3 Å². The summed E-state index contributed by atoms with van der Waals surface area (Å²) in [4.78, 5) is 10.8. The normalized spacial score (nSPS) is 12.6. The molecule has 0 spiro atoms. The van der Waals surface area contributed by atoms with E-state index in [9.17, 15) is 22.2 Å². The van der Waals surface area contributed by atoms with Gasteiger partial charge < -0.3 is 10.5 Å². The first-order valence-electron chi connectivity index (χ1n) is 6.82. The van der Waals surface area contributed by atoms with Crippen LogP contribution in [0.3, 0.4) is 0 Å². The second kappa shape index (κ2) is 7.48. The summed E-state index contributed by atoms with van der Waals surface area (Å²) in [6, 6.07) is 12.4. The lowest BCUT2D eigenvalue weighted by Crippen LogP contribution is -2.20. The van der Waals surface area contributed by atoms with Crippen molar-refractivity contribution in [2.45, 2.75) is 12.1 Å². The summed E-state index contributed by atoms with van der Waals surface area (Å²) >= 11 is 0. The van der Waals surface area contributed by atoms with Crippen molar-refractivity contribution < 1.29 is 26.9 Å². The molecule has 0 aliphatic heterocycles. The van der Waals surface area contributed by atoms with Gasteiger partial charge in [0.05, 0.1) is 0 Å². The molecular formula is C16H14F3NO3S. The topological polar surface area (TPSA) is 69.4 Å². The molecule has 0 saturated heterocycles. The SMILES string of the molecule is NC(=O)CS(=O)Cc1ccccc1-c1ccc(OC(F)(F)F)cc1. The van der Waals surface area contributed by atoms with Crippen molar-refractivity contribution in [3.8, 4) is 16.9 Å². The number of nitrogens with two attached hydrogens (primary N) is 1. The van der Waals surface area contributed by atoms with Crippen LogP contribution in [0.25, 0.3) is 11.1 Å². The van der Waals surface area contributed by atoms with E-state index in [2.05, 4.69) is 4.74 Å². The zero-order valence-electron chi connectivity index (χ0n) is 12.4. The highest BCUT2D eigenvalue weighted by Gasteiger charge is 2.30. The van der Waals surface area contributed by atoms with E-state index in [4.69, 9.17) is 5.73 Å².